The van der Waals surface area contributed by atoms with Crippen molar-refractivity contribution in [1.82, 2.24) is 0 Å². The Morgan fingerprint density at radius 1 is 1.46 bits per heavy atom. The van der Waals surface area contributed by atoms with Crippen LogP contribution in [0, 0.1) is 6.92 Å². The Morgan fingerprint density at radius 3 is 2.23 bits per heavy atom. The van der Waals surface area contributed by atoms with Crippen LogP contribution in [0.2, 0.25) is 0 Å². The number of thiophene rings is 1. The summed E-state index contributed by atoms with van der Waals surface area (Å²) in [6.45, 7) is 8.25. The second kappa shape index (κ2) is 3.14. The molecular weight excluding hydrogens is 184 g/mol. The fourth-order valence-corrected chi connectivity index (χ4v) is 2.40. The van der Waals surface area contributed by atoms with Gasteiger partial charge >= 0.3 is 5.97 Å². The molecule has 1 aromatic heterocycles. The smallest absolute Gasteiger partial charge is 0.345 e. The molecule has 0 aromatic carbocycles. The van der Waals surface area contributed by atoms with Gasteiger partial charge in [0.2, 0.25) is 0 Å². The summed E-state index contributed by atoms with van der Waals surface area (Å²) in [6.07, 6.45) is 0. The topological polar surface area (TPSA) is 37.3 Å². The molecule has 1 N–H and O–H groups in total. The Hall–Kier alpha value is -0.830. The highest BCUT2D eigenvalue weighted by atomic mass is 32.1. The van der Waals surface area contributed by atoms with Crippen LogP contribution in [0.25, 0.3) is 0 Å². The third-order valence-corrected chi connectivity index (χ3v) is 3.46. The van der Waals surface area contributed by atoms with E-state index in [-0.39, 0.29) is 5.41 Å². The average Bonchev–Trinajstić information content (AvgIpc) is 2.29. The molecule has 0 saturated carbocycles. The number of aryl methyl sites for hydroxylation is 1. The second-order valence-corrected chi connectivity index (χ2v) is 5.23. The first-order chi connectivity index (χ1) is 5.82. The van der Waals surface area contributed by atoms with Gasteiger partial charge in [-0.25, -0.2) is 4.79 Å². The lowest BCUT2D eigenvalue weighted by Crippen LogP contribution is -2.09. The summed E-state index contributed by atoms with van der Waals surface area (Å²) < 4.78 is 0. The minimum Gasteiger partial charge on any atom is -0.477 e. The fraction of sp³-hybridized carbons (Fsp3) is 0.500. The van der Waals surface area contributed by atoms with E-state index in [0.717, 1.165) is 10.4 Å². The summed E-state index contributed by atoms with van der Waals surface area (Å²) in [5.41, 5.74) is 1.12. The highest BCUT2D eigenvalue weighted by Gasteiger charge is 2.21. The Bertz CT molecular complexity index is 331. The molecule has 0 aliphatic rings. The van der Waals surface area contributed by atoms with Crippen molar-refractivity contribution in [3.8, 4) is 0 Å². The molecule has 1 heterocycles. The number of aromatic carboxylic acids is 1. The van der Waals surface area contributed by atoms with Gasteiger partial charge in [0.1, 0.15) is 4.88 Å². The number of carbonyl (C=O) groups is 1. The molecule has 0 amide bonds. The van der Waals surface area contributed by atoms with Gasteiger partial charge in [0.15, 0.2) is 0 Å². The van der Waals surface area contributed by atoms with E-state index in [9.17, 15) is 4.79 Å². The molecule has 2 nitrogen and oxygen atoms in total. The van der Waals surface area contributed by atoms with Gasteiger partial charge in [-0.15, -0.1) is 11.3 Å². The summed E-state index contributed by atoms with van der Waals surface area (Å²) >= 11 is 1.37. The maximum atomic E-state index is 10.7. The van der Waals surface area contributed by atoms with Crippen molar-refractivity contribution in [3.63, 3.8) is 0 Å². The van der Waals surface area contributed by atoms with Crippen molar-refractivity contribution in [2.75, 3.05) is 0 Å². The lowest BCUT2D eigenvalue weighted by Gasteiger charge is -2.17. The first-order valence-corrected chi connectivity index (χ1v) is 4.98. The maximum absolute atomic E-state index is 10.7. The lowest BCUT2D eigenvalue weighted by atomic mass is 9.92. The van der Waals surface area contributed by atoms with Crippen LogP contribution < -0.4 is 0 Å². The van der Waals surface area contributed by atoms with Gasteiger partial charge in [-0.05, 0) is 24.0 Å². The van der Waals surface area contributed by atoms with Crippen molar-refractivity contribution in [2.45, 2.75) is 33.1 Å². The fourth-order valence-electron chi connectivity index (χ4n) is 1.33. The van der Waals surface area contributed by atoms with Gasteiger partial charge < -0.3 is 5.11 Å². The van der Waals surface area contributed by atoms with Crippen molar-refractivity contribution in [1.29, 1.82) is 0 Å². The summed E-state index contributed by atoms with van der Waals surface area (Å²) in [6, 6.07) is 1.74. The van der Waals surface area contributed by atoms with Crippen LogP contribution in [0.1, 0.15) is 40.9 Å². The molecule has 0 unspecified atom stereocenters. The number of carboxylic acid groups (broad SMARTS) is 1. The Balaban J connectivity index is 3.18. The van der Waals surface area contributed by atoms with Crippen LogP contribution in [0.3, 0.4) is 0 Å². The molecule has 72 valence electrons. The zero-order valence-corrected chi connectivity index (χ0v) is 9.16. The molecular formula is C10H14O2S. The molecule has 0 bridgehead atoms. The molecule has 1 rings (SSSR count). The van der Waals surface area contributed by atoms with Gasteiger partial charge in [0.25, 0.3) is 0 Å². The minimum atomic E-state index is -0.830. The van der Waals surface area contributed by atoms with Gasteiger partial charge in [-0.3, -0.25) is 0 Å². The van der Waals surface area contributed by atoms with E-state index in [0.29, 0.717) is 4.88 Å². The van der Waals surface area contributed by atoms with E-state index in [4.69, 9.17) is 5.11 Å². The molecule has 13 heavy (non-hydrogen) atoms. The molecule has 0 aliphatic heterocycles. The normalized spacial score (nSPS) is 11.7. The van der Waals surface area contributed by atoms with Gasteiger partial charge in [0.05, 0.1) is 0 Å². The Labute approximate surface area is 82.2 Å². The van der Waals surface area contributed by atoms with Crippen LogP contribution in [0.15, 0.2) is 6.07 Å². The van der Waals surface area contributed by atoms with E-state index >= 15 is 0 Å². The number of carboxylic acids is 1. The zero-order valence-electron chi connectivity index (χ0n) is 8.34. The minimum absolute atomic E-state index is 0.0441. The maximum Gasteiger partial charge on any atom is 0.345 e. The monoisotopic (exact) mass is 198 g/mol. The predicted octanol–water partition coefficient (Wildman–Crippen LogP) is 3.05. The van der Waals surface area contributed by atoms with E-state index in [1.54, 1.807) is 6.07 Å². The summed E-state index contributed by atoms with van der Waals surface area (Å²) in [5.74, 6) is -0.830. The van der Waals surface area contributed by atoms with Gasteiger partial charge in [-0.2, -0.15) is 0 Å². The molecule has 0 fully saturated rings. The summed E-state index contributed by atoms with van der Waals surface area (Å²) in [4.78, 5) is 12.3. The number of hydrogen-bond acceptors (Lipinski definition) is 2. The molecule has 0 saturated heterocycles. The molecule has 0 aliphatic carbocycles. The Morgan fingerprint density at radius 2 is 2.00 bits per heavy atom. The predicted molar refractivity (Wildman–Crippen MR) is 54.7 cm³/mol. The first-order valence-electron chi connectivity index (χ1n) is 4.16. The second-order valence-electron chi connectivity index (χ2n) is 4.18. The summed E-state index contributed by atoms with van der Waals surface area (Å²) in [7, 11) is 0. The molecule has 0 atom stereocenters. The van der Waals surface area contributed by atoms with E-state index in [1.807, 2.05) is 6.92 Å². The van der Waals surface area contributed by atoms with Crippen LogP contribution in [-0.4, -0.2) is 11.1 Å². The molecule has 3 heteroatoms. The van der Waals surface area contributed by atoms with E-state index in [2.05, 4.69) is 20.8 Å². The first kappa shape index (κ1) is 10.3. The highest BCUT2D eigenvalue weighted by molar-refractivity contribution is 7.14. The largest absolute Gasteiger partial charge is 0.477 e. The quantitative estimate of drug-likeness (QED) is 0.753. The van der Waals surface area contributed by atoms with Crippen molar-refractivity contribution in [2.24, 2.45) is 0 Å². The van der Waals surface area contributed by atoms with Gasteiger partial charge in [-0.1, -0.05) is 20.8 Å². The SMILES string of the molecule is Cc1cc(C(=O)O)sc1C(C)(C)C. The molecule has 0 spiro atoms. The van der Waals surface area contributed by atoms with Gasteiger partial charge in [0, 0.05) is 4.88 Å². The Kier molecular flexibility index (Phi) is 2.48. The van der Waals surface area contributed by atoms with E-state index in [1.165, 1.54) is 11.3 Å². The van der Waals surface area contributed by atoms with Crippen LogP contribution >= 0.6 is 11.3 Å². The van der Waals surface area contributed by atoms with Crippen LogP contribution in [0.4, 0.5) is 0 Å². The molecule has 0 radical (unpaired) electrons. The lowest BCUT2D eigenvalue weighted by molar-refractivity contribution is 0.0702. The number of hydrogen-bond donors (Lipinski definition) is 1. The molecule has 1 aromatic rings. The van der Waals surface area contributed by atoms with Crippen molar-refractivity contribution in [3.05, 3.63) is 21.4 Å². The average molecular weight is 198 g/mol. The van der Waals surface area contributed by atoms with Crippen LogP contribution in [-0.2, 0) is 5.41 Å². The van der Waals surface area contributed by atoms with E-state index < -0.39 is 5.97 Å². The van der Waals surface area contributed by atoms with Crippen LogP contribution in [0.5, 0.6) is 0 Å². The zero-order chi connectivity index (χ0) is 10.2. The number of rotatable bonds is 1. The third-order valence-electron chi connectivity index (χ3n) is 1.81. The summed E-state index contributed by atoms with van der Waals surface area (Å²) in [5, 5.41) is 8.80. The highest BCUT2D eigenvalue weighted by Crippen LogP contribution is 2.33. The van der Waals surface area contributed by atoms with Crippen molar-refractivity contribution < 1.29 is 9.90 Å². The third kappa shape index (κ3) is 2.10. The standard InChI is InChI=1S/C10H14O2S/c1-6-5-7(9(11)12)13-8(6)10(2,3)4/h5H,1-4H3,(H,11,12). The van der Waals surface area contributed by atoms with Crippen molar-refractivity contribution >= 4 is 17.3 Å².